The standard InChI is InChI=1S/C12H13N5O2S.ClH/c1-6(18)9-5-14-12(20-9)15-11(19)10-7-4-13-3-2-8(7)16-17-10;/h5,13H,2-4H2,1H3,(H,16,17)(H,14,15,19);1H. The average molecular weight is 328 g/mol. The number of halogens is 1. The Balaban J connectivity index is 0.00000161. The monoisotopic (exact) mass is 327 g/mol. The van der Waals surface area contributed by atoms with Crippen molar-refractivity contribution in [1.29, 1.82) is 0 Å². The lowest BCUT2D eigenvalue weighted by atomic mass is 10.1. The van der Waals surface area contributed by atoms with Crippen molar-refractivity contribution in [2.45, 2.75) is 19.9 Å². The van der Waals surface area contributed by atoms with E-state index in [1.54, 1.807) is 0 Å². The molecule has 0 fully saturated rings. The molecule has 3 heterocycles. The lowest BCUT2D eigenvalue weighted by Gasteiger charge is -2.12. The van der Waals surface area contributed by atoms with Gasteiger partial charge in [-0.05, 0) is 0 Å². The Morgan fingerprint density at radius 3 is 2.95 bits per heavy atom. The smallest absolute Gasteiger partial charge is 0.278 e. The maximum atomic E-state index is 12.2. The highest BCUT2D eigenvalue weighted by molar-refractivity contribution is 7.17. The summed E-state index contributed by atoms with van der Waals surface area (Å²) in [5, 5.41) is 13.2. The van der Waals surface area contributed by atoms with Crippen LogP contribution in [-0.2, 0) is 13.0 Å². The second-order valence-corrected chi connectivity index (χ2v) is 5.53. The Kier molecular flexibility index (Phi) is 4.71. The number of carbonyl (C=O) groups excluding carboxylic acids is 2. The van der Waals surface area contributed by atoms with Gasteiger partial charge in [0.15, 0.2) is 16.6 Å². The van der Waals surface area contributed by atoms with Crippen molar-refractivity contribution in [3.63, 3.8) is 0 Å². The molecule has 0 bridgehead atoms. The first kappa shape index (κ1) is 15.6. The van der Waals surface area contributed by atoms with Crippen LogP contribution in [0.1, 0.15) is 38.3 Å². The first-order valence-electron chi connectivity index (χ1n) is 6.20. The number of amides is 1. The largest absolute Gasteiger partial charge is 0.312 e. The Labute approximate surface area is 131 Å². The van der Waals surface area contributed by atoms with Crippen LogP contribution in [0.25, 0.3) is 0 Å². The van der Waals surface area contributed by atoms with E-state index in [2.05, 4.69) is 25.8 Å². The summed E-state index contributed by atoms with van der Waals surface area (Å²) < 4.78 is 0. The molecule has 0 saturated carbocycles. The van der Waals surface area contributed by atoms with Crippen molar-refractivity contribution in [3.8, 4) is 0 Å². The lowest BCUT2D eigenvalue weighted by Crippen LogP contribution is -2.25. The summed E-state index contributed by atoms with van der Waals surface area (Å²) in [5.41, 5.74) is 2.28. The molecule has 0 radical (unpaired) electrons. The summed E-state index contributed by atoms with van der Waals surface area (Å²) in [5.74, 6) is -0.375. The van der Waals surface area contributed by atoms with Crippen molar-refractivity contribution in [3.05, 3.63) is 28.0 Å². The van der Waals surface area contributed by atoms with Gasteiger partial charge < -0.3 is 5.32 Å². The molecule has 2 aromatic heterocycles. The molecule has 7 nitrogen and oxygen atoms in total. The molecule has 0 atom stereocenters. The first-order chi connectivity index (χ1) is 9.65. The van der Waals surface area contributed by atoms with Gasteiger partial charge in [0, 0.05) is 37.7 Å². The summed E-state index contributed by atoms with van der Waals surface area (Å²) in [6.07, 6.45) is 2.30. The number of hydrogen-bond donors (Lipinski definition) is 3. The number of rotatable bonds is 3. The molecule has 0 aliphatic carbocycles. The fraction of sp³-hybridized carbons (Fsp3) is 0.333. The highest BCUT2D eigenvalue weighted by atomic mass is 35.5. The molecule has 0 saturated heterocycles. The third-order valence-corrected chi connectivity index (χ3v) is 4.11. The summed E-state index contributed by atoms with van der Waals surface area (Å²) in [6, 6.07) is 0. The third-order valence-electron chi connectivity index (χ3n) is 3.09. The van der Waals surface area contributed by atoms with E-state index >= 15 is 0 Å². The van der Waals surface area contributed by atoms with E-state index in [4.69, 9.17) is 0 Å². The Hall–Kier alpha value is -1.77. The molecule has 0 aromatic carbocycles. The van der Waals surface area contributed by atoms with Gasteiger partial charge in [-0.15, -0.1) is 12.4 Å². The number of Topliss-reactive ketones (excluding diaryl/α,β-unsaturated/α-hetero) is 1. The van der Waals surface area contributed by atoms with Gasteiger partial charge in [-0.3, -0.25) is 20.0 Å². The van der Waals surface area contributed by atoms with Gasteiger partial charge in [-0.1, -0.05) is 11.3 Å². The fourth-order valence-electron chi connectivity index (χ4n) is 2.06. The zero-order chi connectivity index (χ0) is 14.1. The molecule has 9 heteroatoms. The van der Waals surface area contributed by atoms with Crippen LogP contribution < -0.4 is 10.6 Å². The number of hydrogen-bond acceptors (Lipinski definition) is 6. The number of carbonyl (C=O) groups is 2. The molecule has 3 N–H and O–H groups in total. The van der Waals surface area contributed by atoms with E-state index in [1.165, 1.54) is 13.1 Å². The van der Waals surface area contributed by atoms with Crippen LogP contribution in [0.15, 0.2) is 6.20 Å². The van der Waals surface area contributed by atoms with Crippen LogP contribution in [0.3, 0.4) is 0 Å². The van der Waals surface area contributed by atoms with E-state index in [9.17, 15) is 9.59 Å². The molecular weight excluding hydrogens is 314 g/mol. The minimum absolute atomic E-state index is 0. The van der Waals surface area contributed by atoms with Crippen LogP contribution in [0.5, 0.6) is 0 Å². The maximum Gasteiger partial charge on any atom is 0.278 e. The minimum atomic E-state index is -0.310. The minimum Gasteiger partial charge on any atom is -0.312 e. The number of nitrogens with zero attached hydrogens (tertiary/aromatic N) is 2. The van der Waals surface area contributed by atoms with Gasteiger partial charge in [-0.2, -0.15) is 5.10 Å². The molecule has 1 aliphatic rings. The molecule has 3 rings (SSSR count). The van der Waals surface area contributed by atoms with E-state index < -0.39 is 0 Å². The number of fused-ring (bicyclic) bond motifs is 1. The second kappa shape index (κ2) is 6.33. The zero-order valence-corrected chi connectivity index (χ0v) is 12.9. The lowest BCUT2D eigenvalue weighted by molar-refractivity contribution is 0.101. The van der Waals surface area contributed by atoms with E-state index in [1.807, 2.05) is 0 Å². The van der Waals surface area contributed by atoms with Crippen LogP contribution in [0.4, 0.5) is 5.13 Å². The number of nitrogens with one attached hydrogen (secondary N) is 3. The Bertz CT molecular complexity index is 681. The fourth-order valence-corrected chi connectivity index (χ4v) is 2.77. The molecule has 0 spiro atoms. The van der Waals surface area contributed by atoms with Gasteiger partial charge in [0.1, 0.15) is 0 Å². The maximum absolute atomic E-state index is 12.2. The summed E-state index contributed by atoms with van der Waals surface area (Å²) in [6.45, 7) is 2.98. The Morgan fingerprint density at radius 1 is 1.43 bits per heavy atom. The summed E-state index contributed by atoms with van der Waals surface area (Å²) in [7, 11) is 0. The van der Waals surface area contributed by atoms with Gasteiger partial charge in [-0.25, -0.2) is 4.98 Å². The van der Waals surface area contributed by atoms with Gasteiger partial charge in [0.05, 0.1) is 11.1 Å². The zero-order valence-electron chi connectivity index (χ0n) is 11.2. The van der Waals surface area contributed by atoms with E-state index in [0.717, 1.165) is 35.6 Å². The molecule has 21 heavy (non-hydrogen) atoms. The molecule has 112 valence electrons. The molecular formula is C12H14ClN5O2S. The molecule has 1 amide bonds. The number of thiazole rings is 1. The predicted octanol–water partition coefficient (Wildman–Crippen LogP) is 1.39. The van der Waals surface area contributed by atoms with Gasteiger partial charge in [0.2, 0.25) is 0 Å². The number of aromatic amines is 1. The first-order valence-corrected chi connectivity index (χ1v) is 7.01. The van der Waals surface area contributed by atoms with Crippen LogP contribution in [0, 0.1) is 0 Å². The SMILES string of the molecule is CC(=O)c1cnc(NC(=O)c2n[nH]c3c2CNCC3)s1.Cl. The van der Waals surface area contributed by atoms with Crippen molar-refractivity contribution in [2.24, 2.45) is 0 Å². The number of aromatic nitrogens is 3. The normalized spacial score (nSPS) is 13.2. The van der Waals surface area contributed by atoms with E-state index in [0.29, 0.717) is 22.2 Å². The predicted molar refractivity (Wildman–Crippen MR) is 81.3 cm³/mol. The number of H-pyrrole nitrogens is 1. The van der Waals surface area contributed by atoms with Crippen molar-refractivity contribution in [1.82, 2.24) is 20.5 Å². The van der Waals surface area contributed by atoms with Crippen molar-refractivity contribution in [2.75, 3.05) is 11.9 Å². The highest BCUT2D eigenvalue weighted by Crippen LogP contribution is 2.21. The summed E-state index contributed by atoms with van der Waals surface area (Å²) in [4.78, 5) is 27.9. The number of anilines is 1. The number of ketones is 1. The van der Waals surface area contributed by atoms with Crippen molar-refractivity contribution < 1.29 is 9.59 Å². The van der Waals surface area contributed by atoms with Gasteiger partial charge >= 0.3 is 0 Å². The summed E-state index contributed by atoms with van der Waals surface area (Å²) >= 11 is 1.16. The van der Waals surface area contributed by atoms with Crippen LogP contribution in [0.2, 0.25) is 0 Å². The molecule has 2 aromatic rings. The average Bonchev–Trinajstić information content (AvgIpc) is 3.04. The van der Waals surface area contributed by atoms with Crippen molar-refractivity contribution >= 4 is 40.6 Å². The molecule has 1 aliphatic heterocycles. The third kappa shape index (κ3) is 3.12. The topological polar surface area (TPSA) is 99.8 Å². The molecule has 0 unspecified atom stereocenters. The second-order valence-electron chi connectivity index (χ2n) is 4.50. The highest BCUT2D eigenvalue weighted by Gasteiger charge is 2.22. The van der Waals surface area contributed by atoms with Crippen LogP contribution >= 0.6 is 23.7 Å². The Morgan fingerprint density at radius 2 is 2.24 bits per heavy atom. The quantitative estimate of drug-likeness (QED) is 0.740. The van der Waals surface area contributed by atoms with Gasteiger partial charge in [0.25, 0.3) is 5.91 Å². The van der Waals surface area contributed by atoms with E-state index in [-0.39, 0.29) is 24.1 Å². The van der Waals surface area contributed by atoms with Crippen LogP contribution in [-0.4, -0.2) is 33.4 Å².